The van der Waals surface area contributed by atoms with Gasteiger partial charge in [-0.05, 0) is 38.1 Å². The number of carbonyl (C=O) groups is 3. The Morgan fingerprint density at radius 1 is 1.36 bits per heavy atom. The van der Waals surface area contributed by atoms with Crippen LogP contribution in [0.25, 0.3) is 0 Å². The van der Waals surface area contributed by atoms with Gasteiger partial charge in [0.2, 0.25) is 0 Å². The van der Waals surface area contributed by atoms with Gasteiger partial charge in [0.05, 0.1) is 18.1 Å². The summed E-state index contributed by atoms with van der Waals surface area (Å²) in [5.74, 6) is -0.622. The fraction of sp³-hybridized carbons (Fsp3) is 0.529. The van der Waals surface area contributed by atoms with Gasteiger partial charge in [-0.15, -0.1) is 0 Å². The zero-order valence-electron chi connectivity index (χ0n) is 14.2. The molecular formula is C17H22N4O4. The molecular weight excluding hydrogens is 324 g/mol. The van der Waals surface area contributed by atoms with Crippen LogP contribution in [-0.2, 0) is 14.4 Å². The molecule has 0 aromatic carbocycles. The molecule has 0 unspecified atom stereocenters. The molecule has 2 aliphatic rings. The lowest BCUT2D eigenvalue weighted by molar-refractivity contribution is -0.183. The summed E-state index contributed by atoms with van der Waals surface area (Å²) in [5.41, 5.74) is -0.0717. The van der Waals surface area contributed by atoms with Gasteiger partial charge in [-0.25, -0.2) is 0 Å². The Morgan fingerprint density at radius 3 is 2.72 bits per heavy atom. The van der Waals surface area contributed by atoms with Gasteiger partial charge in [-0.2, -0.15) is 5.06 Å². The van der Waals surface area contributed by atoms with Crippen LogP contribution in [0.5, 0.6) is 0 Å². The van der Waals surface area contributed by atoms with Crippen LogP contribution in [0.15, 0.2) is 24.5 Å². The van der Waals surface area contributed by atoms with Crippen LogP contribution < -0.4 is 5.32 Å². The van der Waals surface area contributed by atoms with Crippen LogP contribution in [0.4, 0.5) is 0 Å². The number of hydrogen-bond donors (Lipinski definition) is 1. The zero-order chi connectivity index (χ0) is 17.9. The number of hydroxylamine groups is 2. The average molecular weight is 346 g/mol. The molecule has 8 heteroatoms. The third-order valence-electron chi connectivity index (χ3n) is 4.99. The summed E-state index contributed by atoms with van der Waals surface area (Å²) in [4.78, 5) is 47.2. The number of aromatic nitrogens is 1. The molecule has 8 nitrogen and oxygen atoms in total. The van der Waals surface area contributed by atoms with Crippen molar-refractivity contribution in [2.75, 3.05) is 33.3 Å². The molecule has 1 aromatic heterocycles. The molecule has 134 valence electrons. The van der Waals surface area contributed by atoms with Crippen LogP contribution in [0, 0.1) is 5.41 Å². The molecule has 0 aliphatic carbocycles. The van der Waals surface area contributed by atoms with E-state index in [1.54, 1.807) is 18.3 Å². The van der Waals surface area contributed by atoms with Crippen molar-refractivity contribution in [3.05, 3.63) is 30.1 Å². The number of hydrogen-bond acceptors (Lipinski definition) is 6. The Balaban J connectivity index is 1.45. The fourth-order valence-corrected chi connectivity index (χ4v) is 3.47. The molecule has 25 heavy (non-hydrogen) atoms. The van der Waals surface area contributed by atoms with Crippen LogP contribution in [0.1, 0.15) is 29.6 Å². The Hall–Kier alpha value is -2.32. The predicted octanol–water partition coefficient (Wildman–Crippen LogP) is 0.214. The van der Waals surface area contributed by atoms with E-state index in [1.165, 1.54) is 13.3 Å². The highest BCUT2D eigenvalue weighted by atomic mass is 16.7. The molecule has 3 amide bonds. The standard InChI is InChI=1S/C17H22N4O4/c1-25-21-14(22)11-17(16(21)24)4-8-20(9-5-17)10-7-19-15(23)13-3-2-6-18-12-13/h2-3,6,12H,4-5,7-11H2,1H3,(H,19,23). The number of nitrogens with zero attached hydrogens (tertiary/aromatic N) is 3. The SMILES string of the molecule is CON1C(=O)CC2(CCN(CCNC(=O)c3cccnc3)CC2)C1=O. The molecule has 1 aromatic rings. The molecule has 3 rings (SSSR count). The van der Waals surface area contributed by atoms with E-state index in [2.05, 4.69) is 15.2 Å². The predicted molar refractivity (Wildman–Crippen MR) is 88.2 cm³/mol. The first kappa shape index (κ1) is 17.5. The van der Waals surface area contributed by atoms with E-state index < -0.39 is 5.41 Å². The van der Waals surface area contributed by atoms with E-state index in [1.807, 2.05) is 0 Å². The molecule has 0 bridgehead atoms. The zero-order valence-corrected chi connectivity index (χ0v) is 14.2. The highest BCUT2D eigenvalue weighted by Crippen LogP contribution is 2.42. The smallest absolute Gasteiger partial charge is 0.260 e. The summed E-state index contributed by atoms with van der Waals surface area (Å²) < 4.78 is 0. The maximum absolute atomic E-state index is 12.4. The number of amides is 3. The first-order valence-electron chi connectivity index (χ1n) is 8.38. The number of carbonyl (C=O) groups excluding carboxylic acids is 3. The van der Waals surface area contributed by atoms with E-state index in [-0.39, 0.29) is 24.1 Å². The topological polar surface area (TPSA) is 91.8 Å². The Kier molecular flexibility index (Phi) is 5.10. The highest BCUT2D eigenvalue weighted by Gasteiger charge is 2.53. The molecule has 0 atom stereocenters. The Labute approximate surface area is 146 Å². The van der Waals surface area contributed by atoms with Crippen molar-refractivity contribution < 1.29 is 19.2 Å². The van der Waals surface area contributed by atoms with Crippen molar-refractivity contribution in [3.63, 3.8) is 0 Å². The van der Waals surface area contributed by atoms with E-state index in [0.717, 1.165) is 18.2 Å². The van der Waals surface area contributed by atoms with Crippen LogP contribution in [0.3, 0.4) is 0 Å². The minimum Gasteiger partial charge on any atom is -0.351 e. The molecule has 1 N–H and O–H groups in total. The second-order valence-corrected chi connectivity index (χ2v) is 6.47. The summed E-state index contributed by atoms with van der Waals surface area (Å²) in [7, 11) is 1.34. The highest BCUT2D eigenvalue weighted by molar-refractivity contribution is 6.04. The normalized spacial score (nSPS) is 20.3. The van der Waals surface area contributed by atoms with Crippen LogP contribution in [-0.4, -0.2) is 66.0 Å². The van der Waals surface area contributed by atoms with Crippen molar-refractivity contribution in [2.45, 2.75) is 19.3 Å². The van der Waals surface area contributed by atoms with Crippen molar-refractivity contribution in [2.24, 2.45) is 5.41 Å². The molecule has 3 heterocycles. The first-order chi connectivity index (χ1) is 12.1. The number of piperidine rings is 1. The maximum Gasteiger partial charge on any atom is 0.260 e. The first-order valence-corrected chi connectivity index (χ1v) is 8.38. The lowest BCUT2D eigenvalue weighted by Crippen LogP contribution is -2.46. The quantitative estimate of drug-likeness (QED) is 0.767. The number of rotatable bonds is 5. The van der Waals surface area contributed by atoms with Crippen LogP contribution >= 0.6 is 0 Å². The van der Waals surface area contributed by atoms with Gasteiger partial charge in [0.15, 0.2) is 0 Å². The summed E-state index contributed by atoms with van der Waals surface area (Å²) in [6.07, 6.45) is 4.65. The summed E-state index contributed by atoms with van der Waals surface area (Å²) in [6, 6.07) is 3.44. The Morgan fingerprint density at radius 2 is 2.12 bits per heavy atom. The lowest BCUT2D eigenvalue weighted by atomic mass is 9.77. The van der Waals surface area contributed by atoms with Gasteiger partial charge in [0, 0.05) is 31.9 Å². The number of pyridine rings is 1. The second-order valence-electron chi connectivity index (χ2n) is 6.47. The van der Waals surface area contributed by atoms with Crippen molar-refractivity contribution in [3.8, 4) is 0 Å². The minimum absolute atomic E-state index is 0.145. The molecule has 1 spiro atoms. The molecule has 2 fully saturated rings. The van der Waals surface area contributed by atoms with Gasteiger partial charge in [0.25, 0.3) is 17.7 Å². The fourth-order valence-electron chi connectivity index (χ4n) is 3.47. The number of nitrogens with one attached hydrogen (secondary N) is 1. The van der Waals surface area contributed by atoms with Crippen LogP contribution in [0.2, 0.25) is 0 Å². The third kappa shape index (κ3) is 3.54. The van der Waals surface area contributed by atoms with Crippen molar-refractivity contribution >= 4 is 17.7 Å². The Bertz CT molecular complexity index is 656. The van der Waals surface area contributed by atoms with Crippen molar-refractivity contribution in [1.29, 1.82) is 0 Å². The van der Waals surface area contributed by atoms with Gasteiger partial charge >= 0.3 is 0 Å². The molecule has 0 radical (unpaired) electrons. The second kappa shape index (κ2) is 7.28. The van der Waals surface area contributed by atoms with Gasteiger partial charge < -0.3 is 10.2 Å². The van der Waals surface area contributed by atoms with Crippen molar-refractivity contribution in [1.82, 2.24) is 20.3 Å². The van der Waals surface area contributed by atoms with Gasteiger partial charge in [-0.3, -0.25) is 24.2 Å². The molecule has 0 saturated carbocycles. The number of likely N-dealkylation sites (tertiary alicyclic amines) is 1. The maximum atomic E-state index is 12.4. The third-order valence-corrected chi connectivity index (χ3v) is 4.99. The summed E-state index contributed by atoms with van der Waals surface area (Å²) in [6.45, 7) is 2.68. The van der Waals surface area contributed by atoms with E-state index in [0.29, 0.717) is 31.5 Å². The van der Waals surface area contributed by atoms with E-state index >= 15 is 0 Å². The average Bonchev–Trinajstić information content (AvgIpc) is 2.87. The monoisotopic (exact) mass is 346 g/mol. The van der Waals surface area contributed by atoms with E-state index in [4.69, 9.17) is 4.84 Å². The summed E-state index contributed by atoms with van der Waals surface area (Å²) >= 11 is 0. The number of imide groups is 1. The molecule has 2 aliphatic heterocycles. The molecule has 2 saturated heterocycles. The summed E-state index contributed by atoms with van der Waals surface area (Å²) in [5, 5.41) is 3.76. The van der Waals surface area contributed by atoms with E-state index in [9.17, 15) is 14.4 Å². The minimum atomic E-state index is -0.609. The van der Waals surface area contributed by atoms with Gasteiger partial charge in [0.1, 0.15) is 0 Å². The lowest BCUT2D eigenvalue weighted by Gasteiger charge is -2.37. The van der Waals surface area contributed by atoms with Gasteiger partial charge in [-0.1, -0.05) is 0 Å². The largest absolute Gasteiger partial charge is 0.351 e.